The number of hydrogen-bond donors (Lipinski definition) is 1. The summed E-state index contributed by atoms with van der Waals surface area (Å²) < 4.78 is 11.4. The summed E-state index contributed by atoms with van der Waals surface area (Å²) in [7, 11) is 0. The SMILES string of the molecule is CC(Oc1ccccc1COc1ccc(/C=C/c2ccc3ccc(Cl)cc3n2)cc1)C(=O)O. The van der Waals surface area contributed by atoms with Crippen LogP contribution >= 0.6 is 11.6 Å². The number of carbonyl (C=O) groups is 1. The van der Waals surface area contributed by atoms with Gasteiger partial charge in [-0.2, -0.15) is 0 Å². The summed E-state index contributed by atoms with van der Waals surface area (Å²) in [6.07, 6.45) is 3.00. The lowest BCUT2D eigenvalue weighted by molar-refractivity contribution is -0.144. The van der Waals surface area contributed by atoms with Crippen LogP contribution in [-0.4, -0.2) is 22.2 Å². The van der Waals surface area contributed by atoms with Gasteiger partial charge in [0, 0.05) is 16.0 Å². The number of carboxylic acids is 1. The van der Waals surface area contributed by atoms with Crippen LogP contribution in [0.25, 0.3) is 23.1 Å². The van der Waals surface area contributed by atoms with Gasteiger partial charge in [0.05, 0.1) is 11.2 Å². The molecule has 0 amide bonds. The van der Waals surface area contributed by atoms with Crippen molar-refractivity contribution in [1.29, 1.82) is 0 Å². The van der Waals surface area contributed by atoms with Gasteiger partial charge in [-0.05, 0) is 55.0 Å². The van der Waals surface area contributed by atoms with Crippen LogP contribution in [0.3, 0.4) is 0 Å². The number of aromatic nitrogens is 1. The molecule has 1 N–H and O–H groups in total. The third kappa shape index (κ3) is 5.90. The molecule has 5 nitrogen and oxygen atoms in total. The zero-order valence-electron chi connectivity index (χ0n) is 17.9. The lowest BCUT2D eigenvalue weighted by Crippen LogP contribution is -2.23. The fourth-order valence-corrected chi connectivity index (χ4v) is 3.36. The molecule has 0 spiro atoms. The number of benzene rings is 3. The Labute approximate surface area is 196 Å². The van der Waals surface area contributed by atoms with E-state index in [0.717, 1.165) is 27.7 Å². The van der Waals surface area contributed by atoms with Gasteiger partial charge in [0.1, 0.15) is 18.1 Å². The monoisotopic (exact) mass is 459 g/mol. The minimum atomic E-state index is -1.02. The summed E-state index contributed by atoms with van der Waals surface area (Å²) >= 11 is 6.07. The first-order valence-electron chi connectivity index (χ1n) is 10.4. The van der Waals surface area contributed by atoms with E-state index >= 15 is 0 Å². The number of para-hydroxylation sites is 1. The number of hydrogen-bond acceptors (Lipinski definition) is 4. The van der Waals surface area contributed by atoms with Gasteiger partial charge in [0.2, 0.25) is 0 Å². The van der Waals surface area contributed by atoms with Crippen LogP contribution in [0.5, 0.6) is 11.5 Å². The quantitative estimate of drug-likeness (QED) is 0.326. The lowest BCUT2D eigenvalue weighted by Gasteiger charge is -2.15. The molecule has 0 saturated heterocycles. The van der Waals surface area contributed by atoms with Gasteiger partial charge in [-0.3, -0.25) is 0 Å². The van der Waals surface area contributed by atoms with Gasteiger partial charge >= 0.3 is 5.97 Å². The number of ether oxygens (including phenoxy) is 2. The second kappa shape index (κ2) is 10.2. The summed E-state index contributed by atoms with van der Waals surface area (Å²) in [6, 6.07) is 24.6. The largest absolute Gasteiger partial charge is 0.489 e. The standard InChI is InChI=1S/C27H22ClNO4/c1-18(27(30)31)33-26-5-3-2-4-21(26)17-32-24-14-7-19(8-15-24)6-12-23-13-10-20-9-11-22(28)16-25(20)29-23/h2-16,18H,17H2,1H3,(H,30,31)/b12-6+. The van der Waals surface area contributed by atoms with Crippen LogP contribution in [-0.2, 0) is 11.4 Å². The topological polar surface area (TPSA) is 68.7 Å². The summed E-state index contributed by atoms with van der Waals surface area (Å²) in [6.45, 7) is 1.76. The Bertz CT molecular complexity index is 1300. The number of halogens is 1. The van der Waals surface area contributed by atoms with Crippen LogP contribution in [0.15, 0.2) is 78.9 Å². The maximum absolute atomic E-state index is 11.1. The Hall–Kier alpha value is -3.83. The van der Waals surface area contributed by atoms with Crippen LogP contribution in [0.4, 0.5) is 0 Å². The molecule has 33 heavy (non-hydrogen) atoms. The van der Waals surface area contributed by atoms with Gasteiger partial charge < -0.3 is 14.6 Å². The maximum atomic E-state index is 11.1. The van der Waals surface area contributed by atoms with E-state index in [1.165, 1.54) is 6.92 Å². The van der Waals surface area contributed by atoms with E-state index in [4.69, 9.17) is 26.2 Å². The predicted molar refractivity (Wildman–Crippen MR) is 131 cm³/mol. The Morgan fingerprint density at radius 3 is 2.58 bits per heavy atom. The number of aliphatic carboxylic acids is 1. The molecule has 0 radical (unpaired) electrons. The number of carboxylic acid groups (broad SMARTS) is 1. The third-order valence-corrected chi connectivity index (χ3v) is 5.26. The second-order valence-electron chi connectivity index (χ2n) is 7.47. The molecule has 0 saturated carbocycles. The van der Waals surface area contributed by atoms with Gasteiger partial charge in [0.25, 0.3) is 0 Å². The summed E-state index contributed by atoms with van der Waals surface area (Å²) in [5, 5.41) is 10.8. The number of rotatable bonds is 8. The Morgan fingerprint density at radius 2 is 1.79 bits per heavy atom. The Balaban J connectivity index is 1.40. The second-order valence-corrected chi connectivity index (χ2v) is 7.91. The zero-order chi connectivity index (χ0) is 23.2. The summed E-state index contributed by atoms with van der Waals surface area (Å²) in [5.41, 5.74) is 3.49. The van der Waals surface area contributed by atoms with E-state index in [9.17, 15) is 4.79 Å². The summed E-state index contributed by atoms with van der Waals surface area (Å²) in [5.74, 6) is 0.180. The molecule has 4 aromatic rings. The maximum Gasteiger partial charge on any atom is 0.344 e. The van der Waals surface area contributed by atoms with Crippen LogP contribution < -0.4 is 9.47 Å². The fourth-order valence-electron chi connectivity index (χ4n) is 3.20. The van der Waals surface area contributed by atoms with Gasteiger partial charge in [-0.1, -0.05) is 60.1 Å². The van der Waals surface area contributed by atoms with Crippen LogP contribution in [0.1, 0.15) is 23.7 Å². The van der Waals surface area contributed by atoms with Crippen molar-refractivity contribution in [3.63, 3.8) is 0 Å². The van der Waals surface area contributed by atoms with Crippen molar-refractivity contribution in [2.45, 2.75) is 19.6 Å². The molecule has 0 aliphatic heterocycles. The molecule has 1 aromatic heterocycles. The van der Waals surface area contributed by atoms with Crippen molar-refractivity contribution in [2.75, 3.05) is 0 Å². The molecule has 6 heteroatoms. The van der Waals surface area contributed by atoms with Gasteiger partial charge in [-0.15, -0.1) is 0 Å². The molecule has 1 heterocycles. The van der Waals surface area contributed by atoms with Crippen LogP contribution in [0, 0.1) is 0 Å². The van der Waals surface area contributed by atoms with Crippen molar-refractivity contribution in [3.8, 4) is 11.5 Å². The summed E-state index contributed by atoms with van der Waals surface area (Å²) in [4.78, 5) is 15.7. The fraction of sp³-hybridized carbons (Fsp3) is 0.111. The van der Waals surface area contributed by atoms with E-state index in [-0.39, 0.29) is 6.61 Å². The predicted octanol–water partition coefficient (Wildman–Crippen LogP) is 6.49. The van der Waals surface area contributed by atoms with Crippen molar-refractivity contribution >= 4 is 40.6 Å². The molecule has 4 rings (SSSR count). The molecule has 0 bridgehead atoms. The highest BCUT2D eigenvalue weighted by Gasteiger charge is 2.14. The van der Waals surface area contributed by atoms with E-state index in [2.05, 4.69) is 4.98 Å². The van der Waals surface area contributed by atoms with Crippen molar-refractivity contribution in [2.24, 2.45) is 0 Å². The lowest BCUT2D eigenvalue weighted by atomic mass is 10.1. The van der Waals surface area contributed by atoms with Crippen LogP contribution in [0.2, 0.25) is 5.02 Å². The minimum absolute atomic E-state index is 0.265. The van der Waals surface area contributed by atoms with Gasteiger partial charge in [0.15, 0.2) is 6.10 Å². The van der Waals surface area contributed by atoms with Crippen molar-refractivity contribution in [1.82, 2.24) is 4.98 Å². The minimum Gasteiger partial charge on any atom is -0.489 e. The highest BCUT2D eigenvalue weighted by molar-refractivity contribution is 6.31. The molecule has 1 atom stereocenters. The highest BCUT2D eigenvalue weighted by Crippen LogP contribution is 2.23. The van der Waals surface area contributed by atoms with Crippen molar-refractivity contribution in [3.05, 3.63) is 101 Å². The van der Waals surface area contributed by atoms with Crippen molar-refractivity contribution < 1.29 is 19.4 Å². The molecule has 0 fully saturated rings. The Morgan fingerprint density at radius 1 is 1.03 bits per heavy atom. The first kappa shape index (κ1) is 22.4. The van der Waals surface area contributed by atoms with Gasteiger partial charge in [-0.25, -0.2) is 9.78 Å². The molecular formula is C27H22ClNO4. The normalized spacial score (nSPS) is 12.1. The third-order valence-electron chi connectivity index (χ3n) is 5.02. The zero-order valence-corrected chi connectivity index (χ0v) is 18.7. The molecule has 166 valence electrons. The first-order chi connectivity index (χ1) is 16.0. The average Bonchev–Trinajstić information content (AvgIpc) is 2.82. The first-order valence-corrected chi connectivity index (χ1v) is 10.8. The molecule has 3 aromatic carbocycles. The van der Waals surface area contributed by atoms with E-state index in [0.29, 0.717) is 16.5 Å². The average molecular weight is 460 g/mol. The highest BCUT2D eigenvalue weighted by atomic mass is 35.5. The molecule has 1 unspecified atom stereocenters. The molecular weight excluding hydrogens is 438 g/mol. The molecule has 0 aliphatic carbocycles. The number of fused-ring (bicyclic) bond motifs is 1. The number of pyridine rings is 1. The smallest absolute Gasteiger partial charge is 0.344 e. The van der Waals surface area contributed by atoms with E-state index in [1.807, 2.05) is 78.9 Å². The molecule has 0 aliphatic rings. The van der Waals surface area contributed by atoms with E-state index < -0.39 is 12.1 Å². The Kier molecular flexibility index (Phi) is 6.91. The van der Waals surface area contributed by atoms with E-state index in [1.54, 1.807) is 12.1 Å². The number of nitrogens with zero attached hydrogens (tertiary/aromatic N) is 1.